The van der Waals surface area contributed by atoms with E-state index in [1.54, 1.807) is 7.11 Å². The highest BCUT2D eigenvalue weighted by Crippen LogP contribution is 2.30. The van der Waals surface area contributed by atoms with E-state index in [2.05, 4.69) is 12.1 Å². The average molecular weight is 419 g/mol. The van der Waals surface area contributed by atoms with Crippen molar-refractivity contribution in [1.82, 2.24) is 14.7 Å². The summed E-state index contributed by atoms with van der Waals surface area (Å²) < 4.78 is 7.43. The first-order valence-corrected chi connectivity index (χ1v) is 10.3. The smallest absolute Gasteiger partial charge is 0.225 e. The van der Waals surface area contributed by atoms with E-state index in [0.29, 0.717) is 0 Å². The van der Waals surface area contributed by atoms with E-state index in [-0.39, 0.29) is 36.4 Å². The summed E-state index contributed by atoms with van der Waals surface area (Å²) >= 11 is 0. The van der Waals surface area contributed by atoms with E-state index < -0.39 is 0 Å². The highest BCUT2D eigenvalue weighted by molar-refractivity contribution is 5.85. The molecule has 0 spiro atoms. The van der Waals surface area contributed by atoms with Gasteiger partial charge in [-0.25, -0.2) is 0 Å². The molecule has 1 amide bonds. The Morgan fingerprint density at radius 1 is 1.17 bits per heavy atom. The van der Waals surface area contributed by atoms with Gasteiger partial charge < -0.3 is 15.4 Å². The van der Waals surface area contributed by atoms with E-state index in [4.69, 9.17) is 15.6 Å². The summed E-state index contributed by atoms with van der Waals surface area (Å²) in [5.41, 5.74) is 10.9. The van der Waals surface area contributed by atoms with Gasteiger partial charge in [-0.1, -0.05) is 30.3 Å². The van der Waals surface area contributed by atoms with Crippen molar-refractivity contribution in [2.45, 2.75) is 44.2 Å². The quantitative estimate of drug-likeness (QED) is 0.831. The van der Waals surface area contributed by atoms with Crippen molar-refractivity contribution in [3.63, 3.8) is 0 Å². The molecule has 1 saturated carbocycles. The lowest BCUT2D eigenvalue weighted by Crippen LogP contribution is -2.47. The third-order valence-corrected chi connectivity index (χ3v) is 6.37. The van der Waals surface area contributed by atoms with Gasteiger partial charge in [-0.3, -0.25) is 9.48 Å². The number of nitrogens with two attached hydrogens (primary N) is 1. The molecule has 1 fully saturated rings. The third-order valence-electron chi connectivity index (χ3n) is 6.37. The number of aromatic nitrogens is 2. The molecular weight excluding hydrogens is 388 g/mol. The van der Waals surface area contributed by atoms with Crippen LogP contribution in [0.15, 0.2) is 30.3 Å². The number of carbonyl (C=O) groups excluding carboxylic acids is 1. The first kappa shape index (κ1) is 21.8. The van der Waals surface area contributed by atoms with Crippen LogP contribution in [0.1, 0.15) is 30.5 Å². The maximum atomic E-state index is 13.2. The molecule has 2 aliphatic rings. The second-order valence-corrected chi connectivity index (χ2v) is 8.04. The molecule has 158 valence electrons. The first-order chi connectivity index (χ1) is 13.6. The van der Waals surface area contributed by atoms with Gasteiger partial charge in [0.1, 0.15) is 0 Å². The number of hydrogen-bond acceptors (Lipinski definition) is 4. The minimum Gasteiger partial charge on any atom is -0.380 e. The van der Waals surface area contributed by atoms with Crippen molar-refractivity contribution in [3.05, 3.63) is 41.6 Å². The molecule has 2 aromatic rings. The van der Waals surface area contributed by atoms with Gasteiger partial charge in [-0.15, -0.1) is 12.4 Å². The van der Waals surface area contributed by atoms with Gasteiger partial charge >= 0.3 is 0 Å². The molecule has 2 heterocycles. The average Bonchev–Trinajstić information content (AvgIpc) is 2.89. The summed E-state index contributed by atoms with van der Waals surface area (Å²) in [6.07, 6.45) is 4.22. The van der Waals surface area contributed by atoms with Crippen LogP contribution in [-0.4, -0.2) is 52.9 Å². The zero-order valence-electron chi connectivity index (χ0n) is 17.2. The summed E-state index contributed by atoms with van der Waals surface area (Å²) in [5, 5.41) is 4.77. The maximum absolute atomic E-state index is 13.2. The number of nitrogens with zero attached hydrogens (tertiary/aromatic N) is 3. The van der Waals surface area contributed by atoms with Gasteiger partial charge in [0.25, 0.3) is 0 Å². The van der Waals surface area contributed by atoms with Crippen molar-refractivity contribution in [2.75, 3.05) is 20.2 Å². The third kappa shape index (κ3) is 4.34. The topological polar surface area (TPSA) is 73.4 Å². The summed E-state index contributed by atoms with van der Waals surface area (Å²) in [6.45, 7) is 1.50. The molecule has 1 aliphatic heterocycles. The van der Waals surface area contributed by atoms with Crippen LogP contribution in [0.4, 0.5) is 0 Å². The number of ether oxygens (including phenoxy) is 1. The second-order valence-electron chi connectivity index (χ2n) is 8.04. The van der Waals surface area contributed by atoms with E-state index in [0.717, 1.165) is 56.5 Å². The first-order valence-electron chi connectivity index (χ1n) is 10.3. The minimum absolute atomic E-state index is 0. The molecule has 7 heteroatoms. The molecule has 1 aromatic carbocycles. The Hall–Kier alpha value is -1.89. The lowest BCUT2D eigenvalue weighted by molar-refractivity contribution is -0.137. The van der Waals surface area contributed by atoms with E-state index in [1.165, 1.54) is 11.3 Å². The molecule has 0 unspecified atom stereocenters. The minimum atomic E-state index is -0.0502. The van der Waals surface area contributed by atoms with Crippen LogP contribution in [0, 0.1) is 5.92 Å². The van der Waals surface area contributed by atoms with Crippen LogP contribution in [0.2, 0.25) is 0 Å². The monoisotopic (exact) mass is 418 g/mol. The van der Waals surface area contributed by atoms with Gasteiger partial charge in [-0.2, -0.15) is 5.10 Å². The summed E-state index contributed by atoms with van der Waals surface area (Å²) in [6, 6.07) is 10.3. The lowest BCUT2D eigenvalue weighted by Gasteiger charge is -2.35. The molecule has 4 rings (SSSR count). The number of rotatable bonds is 3. The molecule has 0 saturated heterocycles. The predicted octanol–water partition coefficient (Wildman–Crippen LogP) is 2.58. The van der Waals surface area contributed by atoms with Crippen LogP contribution < -0.4 is 5.73 Å². The number of methoxy groups -OCH3 is 1. The van der Waals surface area contributed by atoms with E-state index >= 15 is 0 Å². The van der Waals surface area contributed by atoms with Gasteiger partial charge in [-0.05, 0) is 25.7 Å². The molecule has 0 radical (unpaired) electrons. The molecule has 2 N–H and O–H groups in total. The lowest BCUT2D eigenvalue weighted by atomic mass is 9.83. The second kappa shape index (κ2) is 9.28. The Bertz CT molecular complexity index is 839. The Kier molecular flexibility index (Phi) is 6.98. The predicted molar refractivity (Wildman–Crippen MR) is 116 cm³/mol. The number of amides is 1. The molecule has 3 atom stereocenters. The molecule has 1 aliphatic carbocycles. The van der Waals surface area contributed by atoms with Gasteiger partial charge in [0, 0.05) is 62.4 Å². The van der Waals surface area contributed by atoms with Crippen LogP contribution in [0.3, 0.4) is 0 Å². The fourth-order valence-electron chi connectivity index (χ4n) is 4.78. The summed E-state index contributed by atoms with van der Waals surface area (Å²) in [5.74, 6) is 0.279. The van der Waals surface area contributed by atoms with Gasteiger partial charge in [0.2, 0.25) is 5.91 Å². The molecule has 1 aromatic heterocycles. The molecule has 29 heavy (non-hydrogen) atoms. The number of carbonyl (C=O) groups is 1. The number of hydrogen-bond donors (Lipinski definition) is 1. The fourth-order valence-corrected chi connectivity index (χ4v) is 4.78. The Balaban J connectivity index is 0.00000240. The van der Waals surface area contributed by atoms with Crippen LogP contribution in [0.25, 0.3) is 11.3 Å². The zero-order chi connectivity index (χ0) is 19.7. The van der Waals surface area contributed by atoms with E-state index in [9.17, 15) is 4.79 Å². The van der Waals surface area contributed by atoms with Crippen molar-refractivity contribution in [2.24, 2.45) is 18.7 Å². The van der Waals surface area contributed by atoms with Crippen molar-refractivity contribution < 1.29 is 9.53 Å². The SMILES string of the molecule is CO[C@@H]1CC[C@H](C(=O)N2CCc3c(-c4ccccc4)nn(C)c3CC2)C[C@H]1N.Cl. The van der Waals surface area contributed by atoms with E-state index in [1.807, 2.05) is 34.8 Å². The highest BCUT2D eigenvalue weighted by Gasteiger charge is 2.35. The Morgan fingerprint density at radius 2 is 1.90 bits per heavy atom. The van der Waals surface area contributed by atoms with Gasteiger partial charge in [0.05, 0.1) is 11.8 Å². The largest absolute Gasteiger partial charge is 0.380 e. The van der Waals surface area contributed by atoms with Gasteiger partial charge in [0.15, 0.2) is 0 Å². The number of benzene rings is 1. The number of aryl methyl sites for hydroxylation is 1. The highest BCUT2D eigenvalue weighted by atomic mass is 35.5. The molecule has 6 nitrogen and oxygen atoms in total. The summed E-state index contributed by atoms with van der Waals surface area (Å²) in [7, 11) is 3.71. The van der Waals surface area contributed by atoms with Crippen LogP contribution in [-0.2, 0) is 29.4 Å². The Morgan fingerprint density at radius 3 is 2.59 bits per heavy atom. The standard InChI is InChI=1S/C22H30N4O2.ClH/c1-25-19-11-13-26(22(27)16-8-9-20(28-2)18(23)14-16)12-10-17(19)21(24-25)15-6-4-3-5-7-15;/h3-7,16,18,20H,8-14,23H2,1-2H3;1H/t16-,18+,20+;/m0./s1. The fraction of sp³-hybridized carbons (Fsp3) is 0.545. The number of fused-ring (bicyclic) bond motifs is 1. The van der Waals surface area contributed by atoms with Crippen molar-refractivity contribution in [1.29, 1.82) is 0 Å². The van der Waals surface area contributed by atoms with Crippen molar-refractivity contribution in [3.8, 4) is 11.3 Å². The Labute approximate surface area is 178 Å². The normalized spacial score (nSPS) is 24.4. The maximum Gasteiger partial charge on any atom is 0.225 e. The summed E-state index contributed by atoms with van der Waals surface area (Å²) in [4.78, 5) is 15.2. The van der Waals surface area contributed by atoms with Crippen LogP contribution in [0.5, 0.6) is 0 Å². The number of halogens is 1. The molecular formula is C22H31ClN4O2. The van der Waals surface area contributed by atoms with Crippen LogP contribution >= 0.6 is 12.4 Å². The van der Waals surface area contributed by atoms with Crippen molar-refractivity contribution >= 4 is 18.3 Å². The molecule has 0 bridgehead atoms. The zero-order valence-corrected chi connectivity index (χ0v) is 18.0.